The SMILES string of the molecule is C=CN(CCNC(=O)c1[nH+]c2cc(C(F)(F)F)cc(N)c2s1)N=C. The van der Waals surface area contributed by atoms with Gasteiger partial charge in [-0.3, -0.25) is 9.80 Å². The van der Waals surface area contributed by atoms with Crippen molar-refractivity contribution in [3.63, 3.8) is 0 Å². The number of aromatic amines is 1. The number of hydrazone groups is 1. The second-order valence-corrected chi connectivity index (χ2v) is 5.76. The Kier molecular flexibility index (Phi) is 5.07. The van der Waals surface area contributed by atoms with E-state index in [1.165, 1.54) is 11.2 Å². The van der Waals surface area contributed by atoms with Crippen LogP contribution in [0.15, 0.2) is 30.0 Å². The number of hydrogen-bond acceptors (Lipinski definition) is 5. The van der Waals surface area contributed by atoms with E-state index in [0.717, 1.165) is 23.5 Å². The number of amides is 1. The number of halogens is 3. The monoisotopic (exact) mass is 358 g/mol. The van der Waals surface area contributed by atoms with E-state index in [9.17, 15) is 18.0 Å². The molecule has 0 saturated heterocycles. The van der Waals surface area contributed by atoms with Crippen LogP contribution in [-0.4, -0.2) is 30.7 Å². The lowest BCUT2D eigenvalue weighted by Crippen LogP contribution is -2.32. The highest BCUT2D eigenvalue weighted by atomic mass is 32.1. The molecule has 0 atom stereocenters. The summed E-state index contributed by atoms with van der Waals surface area (Å²) in [6.07, 6.45) is -3.06. The molecular weight excluding hydrogens is 343 g/mol. The number of anilines is 1. The number of nitrogen functional groups attached to an aromatic ring is 1. The molecule has 10 heteroatoms. The maximum absolute atomic E-state index is 12.8. The molecule has 0 radical (unpaired) electrons. The van der Waals surface area contributed by atoms with Crippen LogP contribution in [0.2, 0.25) is 0 Å². The number of alkyl halides is 3. The van der Waals surface area contributed by atoms with Gasteiger partial charge in [0.1, 0.15) is 4.70 Å². The summed E-state index contributed by atoms with van der Waals surface area (Å²) in [5.41, 5.74) is 4.93. The van der Waals surface area contributed by atoms with Crippen LogP contribution >= 0.6 is 11.3 Å². The van der Waals surface area contributed by atoms with Gasteiger partial charge in [-0.05, 0) is 6.07 Å². The maximum Gasteiger partial charge on any atom is 0.416 e. The Bertz CT molecular complexity index is 779. The van der Waals surface area contributed by atoms with Crippen molar-refractivity contribution >= 4 is 39.9 Å². The summed E-state index contributed by atoms with van der Waals surface area (Å²) in [5, 5.41) is 7.86. The lowest BCUT2D eigenvalue weighted by atomic mass is 10.2. The van der Waals surface area contributed by atoms with Crippen molar-refractivity contribution in [2.45, 2.75) is 6.18 Å². The summed E-state index contributed by atoms with van der Waals surface area (Å²) >= 11 is 0.992. The van der Waals surface area contributed by atoms with Gasteiger partial charge in [0.25, 0.3) is 0 Å². The number of nitrogens with two attached hydrogens (primary N) is 1. The third kappa shape index (κ3) is 3.82. The van der Waals surface area contributed by atoms with Gasteiger partial charge in [0.05, 0.1) is 17.8 Å². The van der Waals surface area contributed by atoms with E-state index in [1.54, 1.807) is 0 Å². The minimum atomic E-state index is -4.51. The lowest BCUT2D eigenvalue weighted by Gasteiger charge is -2.11. The van der Waals surface area contributed by atoms with Gasteiger partial charge in [-0.2, -0.15) is 23.3 Å². The number of fused-ring (bicyclic) bond motifs is 1. The number of rotatable bonds is 6. The minimum absolute atomic E-state index is 0.0335. The first-order valence-electron chi connectivity index (χ1n) is 6.73. The van der Waals surface area contributed by atoms with E-state index in [1.807, 2.05) is 0 Å². The fourth-order valence-electron chi connectivity index (χ4n) is 1.96. The fraction of sp³-hybridized carbons (Fsp3) is 0.214. The number of carbonyl (C=O) groups is 1. The number of hydrogen-bond donors (Lipinski definition) is 2. The first-order valence-corrected chi connectivity index (χ1v) is 7.54. The first kappa shape index (κ1) is 17.7. The smallest absolute Gasteiger partial charge is 0.397 e. The van der Waals surface area contributed by atoms with Crippen molar-refractivity contribution in [3.05, 3.63) is 35.5 Å². The van der Waals surface area contributed by atoms with Gasteiger partial charge in [0, 0.05) is 25.5 Å². The summed E-state index contributed by atoms with van der Waals surface area (Å²) in [6, 6.07) is 1.78. The van der Waals surface area contributed by atoms with Gasteiger partial charge in [-0.1, -0.05) is 17.9 Å². The Morgan fingerprint density at radius 2 is 2.21 bits per heavy atom. The number of thiazole rings is 1. The highest BCUT2D eigenvalue weighted by Gasteiger charge is 2.33. The van der Waals surface area contributed by atoms with Gasteiger partial charge in [0.15, 0.2) is 0 Å². The second kappa shape index (κ2) is 6.87. The molecule has 1 aromatic carbocycles. The van der Waals surface area contributed by atoms with E-state index < -0.39 is 17.6 Å². The van der Waals surface area contributed by atoms with E-state index in [4.69, 9.17) is 5.73 Å². The van der Waals surface area contributed by atoms with Crippen molar-refractivity contribution in [2.75, 3.05) is 18.8 Å². The van der Waals surface area contributed by atoms with Crippen molar-refractivity contribution in [1.29, 1.82) is 0 Å². The van der Waals surface area contributed by atoms with Crippen LogP contribution in [-0.2, 0) is 6.18 Å². The highest BCUT2D eigenvalue weighted by Crippen LogP contribution is 2.35. The molecule has 1 amide bonds. The zero-order chi connectivity index (χ0) is 17.9. The number of nitrogens with one attached hydrogen (secondary N) is 2. The molecule has 4 N–H and O–H groups in total. The summed E-state index contributed by atoms with van der Waals surface area (Å²) < 4.78 is 38.8. The topological polar surface area (TPSA) is 84.9 Å². The molecular formula is C14H15F3N5OS+. The molecule has 1 aromatic heterocycles. The Labute approximate surface area is 139 Å². The summed E-state index contributed by atoms with van der Waals surface area (Å²) in [4.78, 5) is 14.8. The molecule has 0 aliphatic rings. The van der Waals surface area contributed by atoms with E-state index >= 15 is 0 Å². The molecule has 0 saturated carbocycles. The quantitative estimate of drug-likeness (QED) is 0.471. The fourth-order valence-corrected chi connectivity index (χ4v) is 2.89. The molecule has 0 aliphatic heterocycles. The second-order valence-electron chi connectivity index (χ2n) is 4.74. The molecule has 128 valence electrons. The van der Waals surface area contributed by atoms with Crippen molar-refractivity contribution in [1.82, 2.24) is 10.3 Å². The van der Waals surface area contributed by atoms with Crippen molar-refractivity contribution in [3.8, 4) is 0 Å². The minimum Gasteiger partial charge on any atom is -0.397 e. The van der Waals surface area contributed by atoms with Crippen LogP contribution in [0, 0.1) is 0 Å². The number of H-pyrrole nitrogens is 1. The summed E-state index contributed by atoms with van der Waals surface area (Å²) in [5.74, 6) is -0.447. The maximum atomic E-state index is 12.8. The number of carbonyl (C=O) groups excluding carboxylic acids is 1. The lowest BCUT2D eigenvalue weighted by molar-refractivity contribution is -0.342. The molecule has 2 aromatic rings. The molecule has 1 heterocycles. The average Bonchev–Trinajstić information content (AvgIpc) is 2.95. The van der Waals surface area contributed by atoms with Crippen LogP contribution in [0.4, 0.5) is 18.9 Å². The molecule has 0 fully saturated rings. The zero-order valence-electron chi connectivity index (χ0n) is 12.5. The van der Waals surface area contributed by atoms with Gasteiger partial charge in [-0.15, -0.1) is 0 Å². The van der Waals surface area contributed by atoms with Gasteiger partial charge in [0.2, 0.25) is 5.52 Å². The number of nitrogens with zero attached hydrogens (tertiary/aromatic N) is 2. The van der Waals surface area contributed by atoms with Gasteiger partial charge >= 0.3 is 17.1 Å². The molecule has 24 heavy (non-hydrogen) atoms. The Morgan fingerprint density at radius 1 is 1.50 bits per heavy atom. The molecule has 0 unspecified atom stereocenters. The third-order valence-electron chi connectivity index (χ3n) is 3.12. The van der Waals surface area contributed by atoms with Gasteiger partial charge < -0.3 is 11.1 Å². The standard InChI is InChI=1S/C14H14F3N5OS/c1-3-22(19-2)5-4-20-12(23)13-21-10-7-8(14(15,16)17)6-9(18)11(10)24-13/h3,6-7H,1-2,4-5,18H2,(H,20,23)/p+1. The largest absolute Gasteiger partial charge is 0.416 e. The Morgan fingerprint density at radius 3 is 2.79 bits per heavy atom. The average molecular weight is 358 g/mol. The normalized spacial score (nSPS) is 11.3. The van der Waals surface area contributed by atoms with Gasteiger partial charge in [-0.25, -0.2) is 0 Å². The Balaban J connectivity index is 2.18. The van der Waals surface area contributed by atoms with E-state index in [2.05, 4.69) is 28.7 Å². The predicted octanol–water partition coefficient (Wildman–Crippen LogP) is 2.11. The van der Waals surface area contributed by atoms with Crippen LogP contribution in [0.25, 0.3) is 10.2 Å². The van der Waals surface area contributed by atoms with Crippen molar-refractivity contribution < 1.29 is 22.9 Å². The molecule has 2 rings (SSSR count). The van der Waals surface area contributed by atoms with E-state index in [0.29, 0.717) is 11.2 Å². The third-order valence-corrected chi connectivity index (χ3v) is 4.27. The van der Waals surface area contributed by atoms with Crippen molar-refractivity contribution in [2.24, 2.45) is 5.10 Å². The van der Waals surface area contributed by atoms with Crippen LogP contribution < -0.4 is 16.0 Å². The first-order chi connectivity index (χ1) is 11.3. The number of benzene rings is 1. The molecule has 6 nitrogen and oxygen atoms in total. The predicted molar refractivity (Wildman–Crippen MR) is 86.6 cm³/mol. The summed E-state index contributed by atoms with van der Waals surface area (Å²) in [7, 11) is 0. The van der Waals surface area contributed by atoms with Crippen LogP contribution in [0.3, 0.4) is 0 Å². The molecule has 0 spiro atoms. The Hall–Kier alpha value is -2.62. The number of aromatic nitrogens is 1. The summed E-state index contributed by atoms with van der Waals surface area (Å²) in [6.45, 7) is 7.48. The highest BCUT2D eigenvalue weighted by molar-refractivity contribution is 7.20. The van der Waals surface area contributed by atoms with Crippen LogP contribution in [0.1, 0.15) is 15.4 Å². The zero-order valence-corrected chi connectivity index (χ0v) is 13.3. The molecule has 0 bridgehead atoms. The molecule has 0 aliphatic carbocycles. The van der Waals surface area contributed by atoms with E-state index in [-0.39, 0.29) is 22.8 Å². The van der Waals surface area contributed by atoms with Crippen LogP contribution in [0.5, 0.6) is 0 Å².